The van der Waals surface area contributed by atoms with Gasteiger partial charge in [0.05, 0.1) is 18.5 Å². The van der Waals surface area contributed by atoms with Crippen molar-refractivity contribution < 1.29 is 9.53 Å². The van der Waals surface area contributed by atoms with Crippen LogP contribution in [0.25, 0.3) is 0 Å². The number of carbonyl (C=O) groups is 1. The molecule has 2 unspecified atom stereocenters. The van der Waals surface area contributed by atoms with Crippen LogP contribution in [0.15, 0.2) is 9.85 Å². The third-order valence-electron chi connectivity index (χ3n) is 3.80. The summed E-state index contributed by atoms with van der Waals surface area (Å²) < 4.78 is 6.27. The molecule has 8 heteroatoms. The smallest absolute Gasteiger partial charge is 0.233 e. The molecule has 1 amide bonds. The van der Waals surface area contributed by atoms with Gasteiger partial charge in [0.2, 0.25) is 5.91 Å². The summed E-state index contributed by atoms with van der Waals surface area (Å²) in [4.78, 5) is 14.8. The number of nitrogens with zero attached hydrogens (tertiary/aromatic N) is 3. The zero-order chi connectivity index (χ0) is 16.7. The lowest BCUT2D eigenvalue weighted by atomic mass is 10.0. The van der Waals surface area contributed by atoms with Gasteiger partial charge in [-0.25, -0.2) is 0 Å². The highest BCUT2D eigenvalue weighted by Gasteiger charge is 2.24. The maximum atomic E-state index is 12.3. The molecule has 1 aromatic heterocycles. The molecular formula is C15H26N4O2S2. The van der Waals surface area contributed by atoms with Crippen molar-refractivity contribution in [2.45, 2.75) is 42.8 Å². The Bertz CT molecular complexity index is 464. The van der Waals surface area contributed by atoms with Gasteiger partial charge in [-0.2, -0.15) is 0 Å². The normalized spacial score (nSPS) is 18.8. The first-order valence-corrected chi connectivity index (χ1v) is 9.84. The predicted molar refractivity (Wildman–Crippen MR) is 93.9 cm³/mol. The highest BCUT2D eigenvalue weighted by atomic mass is 32.2. The first-order chi connectivity index (χ1) is 11.1. The molecule has 2 heterocycles. The summed E-state index contributed by atoms with van der Waals surface area (Å²) in [6, 6.07) is 0.376. The van der Waals surface area contributed by atoms with Gasteiger partial charge in [-0.15, -0.1) is 10.2 Å². The molecular weight excluding hydrogens is 332 g/mol. The molecule has 2 atom stereocenters. The summed E-state index contributed by atoms with van der Waals surface area (Å²) in [5, 5.41) is 10.7. The summed E-state index contributed by atoms with van der Waals surface area (Å²) in [7, 11) is 0. The molecule has 1 aliphatic rings. The predicted octanol–water partition coefficient (Wildman–Crippen LogP) is 1.88. The van der Waals surface area contributed by atoms with Crippen LogP contribution >= 0.6 is 23.1 Å². The molecule has 6 nitrogen and oxygen atoms in total. The Kier molecular flexibility index (Phi) is 7.75. The largest absolute Gasteiger partial charge is 0.379 e. The molecule has 130 valence electrons. The standard InChI is InChI=1S/C15H26N4O2S2/c1-11(2)8-13(19-4-6-21-7-5-19)9-16-14(20)12(3)23-15-18-17-10-22-15/h10-13H,4-9H2,1-3H3,(H,16,20). The molecule has 0 bridgehead atoms. The monoisotopic (exact) mass is 358 g/mol. The zero-order valence-corrected chi connectivity index (χ0v) is 15.7. The number of amides is 1. The second-order valence-corrected chi connectivity index (χ2v) is 8.56. The van der Waals surface area contributed by atoms with Gasteiger partial charge in [-0.3, -0.25) is 9.69 Å². The van der Waals surface area contributed by atoms with Crippen molar-refractivity contribution in [3.63, 3.8) is 0 Å². The topological polar surface area (TPSA) is 67.4 Å². The van der Waals surface area contributed by atoms with Crippen molar-refractivity contribution in [1.29, 1.82) is 0 Å². The van der Waals surface area contributed by atoms with Crippen LogP contribution in [0.3, 0.4) is 0 Å². The Labute approximate surface area is 146 Å². The third-order valence-corrected chi connectivity index (χ3v) is 5.72. The van der Waals surface area contributed by atoms with E-state index in [0.717, 1.165) is 37.1 Å². The van der Waals surface area contributed by atoms with E-state index < -0.39 is 0 Å². The van der Waals surface area contributed by atoms with E-state index in [-0.39, 0.29) is 11.2 Å². The van der Waals surface area contributed by atoms with Gasteiger partial charge in [0, 0.05) is 25.7 Å². The van der Waals surface area contributed by atoms with Gasteiger partial charge in [-0.1, -0.05) is 36.9 Å². The number of carbonyl (C=O) groups excluding carboxylic acids is 1. The first-order valence-electron chi connectivity index (χ1n) is 8.08. The number of hydrogen-bond donors (Lipinski definition) is 1. The van der Waals surface area contributed by atoms with Gasteiger partial charge in [0.15, 0.2) is 4.34 Å². The number of hydrogen-bond acceptors (Lipinski definition) is 7. The number of morpholine rings is 1. The zero-order valence-electron chi connectivity index (χ0n) is 14.0. The quantitative estimate of drug-likeness (QED) is 0.716. The van der Waals surface area contributed by atoms with E-state index in [4.69, 9.17) is 4.74 Å². The average Bonchev–Trinajstić information content (AvgIpc) is 3.04. The minimum absolute atomic E-state index is 0.0622. The molecule has 0 aromatic carbocycles. The number of aromatic nitrogens is 2. The molecule has 0 radical (unpaired) electrons. The van der Waals surface area contributed by atoms with E-state index in [1.807, 2.05) is 6.92 Å². The van der Waals surface area contributed by atoms with Gasteiger partial charge >= 0.3 is 0 Å². The molecule has 0 spiro atoms. The second-order valence-electron chi connectivity index (χ2n) is 6.14. The minimum atomic E-state index is -0.160. The Morgan fingerprint density at radius 2 is 2.17 bits per heavy atom. The molecule has 1 saturated heterocycles. The van der Waals surface area contributed by atoms with Gasteiger partial charge in [0.1, 0.15) is 5.51 Å². The molecule has 1 N–H and O–H groups in total. The van der Waals surface area contributed by atoms with Crippen molar-refractivity contribution in [1.82, 2.24) is 20.4 Å². The summed E-state index contributed by atoms with van der Waals surface area (Å²) in [6.45, 7) is 10.5. The fourth-order valence-corrected chi connectivity index (χ4v) is 4.28. The van der Waals surface area contributed by atoms with E-state index in [1.54, 1.807) is 5.51 Å². The second kappa shape index (κ2) is 9.56. The lowest BCUT2D eigenvalue weighted by Crippen LogP contribution is -2.50. The molecule has 0 saturated carbocycles. The fourth-order valence-electron chi connectivity index (χ4n) is 2.63. The van der Waals surface area contributed by atoms with Crippen LogP contribution in [0.1, 0.15) is 27.2 Å². The van der Waals surface area contributed by atoms with E-state index in [1.165, 1.54) is 23.1 Å². The maximum absolute atomic E-state index is 12.3. The molecule has 0 aliphatic carbocycles. The summed E-state index contributed by atoms with van der Waals surface area (Å²) in [6.07, 6.45) is 1.08. The first kappa shape index (κ1) is 18.6. The molecule has 1 aliphatic heterocycles. The van der Waals surface area contributed by atoms with E-state index in [9.17, 15) is 4.79 Å². The Morgan fingerprint density at radius 1 is 1.43 bits per heavy atom. The SMILES string of the molecule is CC(C)CC(CNC(=O)C(C)Sc1nncs1)N1CCOCC1. The number of nitrogens with one attached hydrogen (secondary N) is 1. The summed E-state index contributed by atoms with van der Waals surface area (Å²) in [5.74, 6) is 0.667. The summed E-state index contributed by atoms with van der Waals surface area (Å²) in [5.41, 5.74) is 1.68. The van der Waals surface area contributed by atoms with Crippen molar-refractivity contribution in [3.8, 4) is 0 Å². The number of ether oxygens (including phenoxy) is 1. The lowest BCUT2D eigenvalue weighted by Gasteiger charge is -2.35. The maximum Gasteiger partial charge on any atom is 0.233 e. The van der Waals surface area contributed by atoms with Crippen LogP contribution in [0.5, 0.6) is 0 Å². The average molecular weight is 359 g/mol. The van der Waals surface area contributed by atoms with Crippen LogP contribution < -0.4 is 5.32 Å². The Morgan fingerprint density at radius 3 is 2.78 bits per heavy atom. The lowest BCUT2D eigenvalue weighted by molar-refractivity contribution is -0.120. The highest BCUT2D eigenvalue weighted by Crippen LogP contribution is 2.24. The molecule has 23 heavy (non-hydrogen) atoms. The molecule has 1 fully saturated rings. The van der Waals surface area contributed by atoms with Crippen LogP contribution in [-0.4, -0.2) is 65.1 Å². The van der Waals surface area contributed by atoms with Crippen LogP contribution in [-0.2, 0) is 9.53 Å². The van der Waals surface area contributed by atoms with Gasteiger partial charge in [-0.05, 0) is 19.3 Å². The van der Waals surface area contributed by atoms with Gasteiger partial charge in [0.25, 0.3) is 0 Å². The number of thioether (sulfide) groups is 1. The Balaban J connectivity index is 1.82. The van der Waals surface area contributed by atoms with E-state index in [0.29, 0.717) is 18.5 Å². The van der Waals surface area contributed by atoms with Crippen LogP contribution in [0, 0.1) is 5.92 Å². The molecule has 1 aromatic rings. The molecule has 2 rings (SSSR count). The third kappa shape index (κ3) is 6.37. The van der Waals surface area contributed by atoms with Crippen molar-refractivity contribution in [2.24, 2.45) is 5.92 Å². The van der Waals surface area contributed by atoms with E-state index in [2.05, 4.69) is 34.3 Å². The van der Waals surface area contributed by atoms with Crippen molar-refractivity contribution >= 4 is 29.0 Å². The fraction of sp³-hybridized carbons (Fsp3) is 0.800. The van der Waals surface area contributed by atoms with Crippen molar-refractivity contribution in [3.05, 3.63) is 5.51 Å². The summed E-state index contributed by atoms with van der Waals surface area (Å²) >= 11 is 2.92. The van der Waals surface area contributed by atoms with Gasteiger partial charge < -0.3 is 10.1 Å². The minimum Gasteiger partial charge on any atom is -0.379 e. The van der Waals surface area contributed by atoms with Crippen molar-refractivity contribution in [2.75, 3.05) is 32.8 Å². The Hall–Kier alpha value is -0.700. The van der Waals surface area contributed by atoms with E-state index >= 15 is 0 Å². The van der Waals surface area contributed by atoms with Crippen LogP contribution in [0.2, 0.25) is 0 Å². The number of rotatable bonds is 8. The van der Waals surface area contributed by atoms with Crippen LogP contribution in [0.4, 0.5) is 0 Å². The highest BCUT2D eigenvalue weighted by molar-refractivity contribution is 8.02.